The number of Topliss-reactive ketones (excluding diaryl/α,β-unsaturated/α-hetero) is 1. The molecule has 0 aromatic carbocycles. The molecule has 0 bridgehead atoms. The highest BCUT2D eigenvalue weighted by molar-refractivity contribution is 5.75. The fourth-order valence-corrected chi connectivity index (χ4v) is 1.11. The lowest BCUT2D eigenvalue weighted by molar-refractivity contribution is -0.826. The summed E-state index contributed by atoms with van der Waals surface area (Å²) in [5, 5.41) is 0. The third-order valence-corrected chi connectivity index (χ3v) is 1.77. The number of halogens is 1. The van der Waals surface area contributed by atoms with Crippen LogP contribution in [0.4, 0.5) is 0 Å². The Labute approximate surface area is 83.8 Å². The van der Waals surface area contributed by atoms with Gasteiger partial charge < -0.3 is 21.9 Å². The van der Waals surface area contributed by atoms with Crippen LogP contribution < -0.4 is 21.9 Å². The van der Waals surface area contributed by atoms with E-state index in [1.165, 1.54) is 4.90 Å². The van der Waals surface area contributed by atoms with Gasteiger partial charge >= 0.3 is 0 Å². The zero-order valence-corrected chi connectivity index (χ0v) is 9.10. The third kappa shape index (κ3) is 3.88. The summed E-state index contributed by atoms with van der Waals surface area (Å²) in [5.74, 6) is 0.267. The molecule has 0 radical (unpaired) electrons. The average molecular weight is 235 g/mol. The minimum absolute atomic E-state index is 0. The molecule has 4 heteroatoms. The van der Waals surface area contributed by atoms with Gasteiger partial charge in [0, 0.05) is 13.0 Å². The van der Waals surface area contributed by atoms with Gasteiger partial charge in [-0.3, -0.25) is 9.69 Å². The number of hydrogen-bond acceptors (Lipinski definition) is 2. The molecule has 0 aliphatic carbocycles. The van der Waals surface area contributed by atoms with Crippen LogP contribution in [0, 0.1) is 0 Å². The first kappa shape index (κ1) is 11.6. The molecule has 12 heavy (non-hydrogen) atoms. The van der Waals surface area contributed by atoms with Crippen molar-refractivity contribution in [1.82, 2.24) is 4.90 Å². The molecular weight excluding hydrogens is 220 g/mol. The Morgan fingerprint density at radius 1 is 1.67 bits per heavy atom. The van der Waals surface area contributed by atoms with Gasteiger partial charge in [0.05, 0.1) is 13.2 Å². The van der Waals surface area contributed by atoms with E-state index in [1.807, 2.05) is 0 Å². The van der Waals surface area contributed by atoms with Gasteiger partial charge in [-0.1, -0.05) is 0 Å². The number of carbonyl (C=O) groups excluding carboxylic acids is 1. The zero-order chi connectivity index (χ0) is 8.27. The monoisotopic (exact) mass is 234 g/mol. The minimum Gasteiger partial charge on any atom is -1.00 e. The van der Waals surface area contributed by atoms with Crippen molar-refractivity contribution in [3.05, 3.63) is 12.4 Å². The lowest BCUT2D eigenvalue weighted by Gasteiger charge is -2.12. The van der Waals surface area contributed by atoms with Crippen molar-refractivity contribution in [2.45, 2.75) is 13.3 Å². The summed E-state index contributed by atoms with van der Waals surface area (Å²) in [5.41, 5.74) is 0. The number of rotatable bonds is 3. The summed E-state index contributed by atoms with van der Waals surface area (Å²) in [7, 11) is 2.10. The lowest BCUT2D eigenvalue weighted by Crippen LogP contribution is -3.03. The first-order valence-corrected chi connectivity index (χ1v) is 3.92. The zero-order valence-electron chi connectivity index (χ0n) is 7.51. The quantitative estimate of drug-likeness (QED) is 0.543. The lowest BCUT2D eigenvalue weighted by atomic mass is 10.3. The highest BCUT2D eigenvalue weighted by atomic mass is 79.9. The SMILES string of the molecule is CC(=O)CCN1C=C[NH+](C)C1.[Br-]. The van der Waals surface area contributed by atoms with E-state index in [9.17, 15) is 4.79 Å². The van der Waals surface area contributed by atoms with Crippen LogP contribution in [0.15, 0.2) is 12.4 Å². The summed E-state index contributed by atoms with van der Waals surface area (Å²) < 4.78 is 0. The summed E-state index contributed by atoms with van der Waals surface area (Å²) in [6.07, 6.45) is 4.82. The van der Waals surface area contributed by atoms with Crippen molar-refractivity contribution in [3.63, 3.8) is 0 Å². The Kier molecular flexibility index (Phi) is 5.17. The number of ketones is 1. The average Bonchev–Trinajstić information content (AvgIpc) is 2.31. The molecular formula is C8H15BrN2O. The molecule has 0 amide bonds. The van der Waals surface area contributed by atoms with E-state index in [0.29, 0.717) is 6.42 Å². The van der Waals surface area contributed by atoms with Crippen molar-refractivity contribution in [2.24, 2.45) is 0 Å². The van der Waals surface area contributed by atoms with Crippen LogP contribution in [0.3, 0.4) is 0 Å². The molecule has 0 saturated heterocycles. The summed E-state index contributed by atoms with van der Waals surface area (Å²) in [6, 6.07) is 0. The van der Waals surface area contributed by atoms with E-state index in [1.54, 1.807) is 6.92 Å². The molecule has 1 rings (SSSR count). The van der Waals surface area contributed by atoms with Crippen molar-refractivity contribution in [3.8, 4) is 0 Å². The molecule has 0 aromatic heterocycles. The molecule has 0 saturated carbocycles. The molecule has 1 unspecified atom stereocenters. The largest absolute Gasteiger partial charge is 1.00 e. The first-order chi connectivity index (χ1) is 5.18. The Hall–Kier alpha value is -0.350. The molecule has 1 atom stereocenters. The fraction of sp³-hybridized carbons (Fsp3) is 0.625. The highest BCUT2D eigenvalue weighted by Gasteiger charge is 2.11. The van der Waals surface area contributed by atoms with Crippen molar-refractivity contribution < 1.29 is 26.7 Å². The second-order valence-electron chi connectivity index (χ2n) is 3.08. The maximum absolute atomic E-state index is 10.6. The van der Waals surface area contributed by atoms with Gasteiger partial charge in [-0.25, -0.2) is 0 Å². The molecule has 1 N–H and O–H groups in total. The van der Waals surface area contributed by atoms with E-state index >= 15 is 0 Å². The summed E-state index contributed by atoms with van der Waals surface area (Å²) in [4.78, 5) is 14.2. The second-order valence-corrected chi connectivity index (χ2v) is 3.08. The van der Waals surface area contributed by atoms with Crippen LogP contribution >= 0.6 is 0 Å². The topological polar surface area (TPSA) is 24.8 Å². The van der Waals surface area contributed by atoms with Crippen LogP contribution in [0.5, 0.6) is 0 Å². The molecule has 70 valence electrons. The molecule has 1 aliphatic heterocycles. The molecule has 0 spiro atoms. The van der Waals surface area contributed by atoms with E-state index in [4.69, 9.17) is 0 Å². The normalized spacial score (nSPS) is 20.8. The third-order valence-electron chi connectivity index (χ3n) is 1.77. The van der Waals surface area contributed by atoms with Crippen LogP contribution in [0.1, 0.15) is 13.3 Å². The van der Waals surface area contributed by atoms with Gasteiger partial charge in [0.1, 0.15) is 12.0 Å². The smallest absolute Gasteiger partial charge is 0.156 e. The molecule has 3 nitrogen and oxygen atoms in total. The van der Waals surface area contributed by atoms with Crippen LogP contribution in [0.25, 0.3) is 0 Å². The fourth-order valence-electron chi connectivity index (χ4n) is 1.11. The van der Waals surface area contributed by atoms with E-state index in [0.717, 1.165) is 13.2 Å². The van der Waals surface area contributed by atoms with Crippen molar-refractivity contribution in [1.29, 1.82) is 0 Å². The summed E-state index contributed by atoms with van der Waals surface area (Å²) >= 11 is 0. The van der Waals surface area contributed by atoms with Gasteiger partial charge in [0.15, 0.2) is 6.67 Å². The molecule has 0 fully saturated rings. The Bertz CT molecular complexity index is 182. The van der Waals surface area contributed by atoms with Crippen molar-refractivity contribution >= 4 is 5.78 Å². The second kappa shape index (κ2) is 5.32. The number of quaternary nitrogens is 1. The predicted molar refractivity (Wildman–Crippen MR) is 42.9 cm³/mol. The van der Waals surface area contributed by atoms with E-state index in [2.05, 4.69) is 24.3 Å². The Balaban J connectivity index is 0.00000121. The maximum atomic E-state index is 10.6. The summed E-state index contributed by atoms with van der Waals surface area (Å²) in [6.45, 7) is 3.49. The number of nitrogens with one attached hydrogen (secondary N) is 1. The maximum Gasteiger partial charge on any atom is 0.156 e. The van der Waals surface area contributed by atoms with Gasteiger partial charge in [-0.2, -0.15) is 0 Å². The van der Waals surface area contributed by atoms with Crippen LogP contribution in [0.2, 0.25) is 0 Å². The van der Waals surface area contributed by atoms with Gasteiger partial charge in [0.2, 0.25) is 0 Å². The van der Waals surface area contributed by atoms with Crippen LogP contribution in [-0.4, -0.2) is 30.9 Å². The molecule has 1 heterocycles. The van der Waals surface area contributed by atoms with Gasteiger partial charge in [-0.05, 0) is 6.92 Å². The van der Waals surface area contributed by atoms with Crippen molar-refractivity contribution in [2.75, 3.05) is 20.3 Å². The van der Waals surface area contributed by atoms with E-state index in [-0.39, 0.29) is 22.8 Å². The van der Waals surface area contributed by atoms with Gasteiger partial charge in [0.25, 0.3) is 0 Å². The van der Waals surface area contributed by atoms with E-state index < -0.39 is 0 Å². The predicted octanol–water partition coefficient (Wildman–Crippen LogP) is -3.77. The minimum atomic E-state index is 0. The molecule has 0 aromatic rings. The molecule has 1 aliphatic rings. The van der Waals surface area contributed by atoms with Crippen LogP contribution in [-0.2, 0) is 4.79 Å². The number of hydrogen-bond donors (Lipinski definition) is 1. The highest BCUT2D eigenvalue weighted by Crippen LogP contribution is 1.93. The van der Waals surface area contributed by atoms with Gasteiger partial charge in [-0.15, -0.1) is 0 Å². The first-order valence-electron chi connectivity index (χ1n) is 3.92. The Morgan fingerprint density at radius 3 is 2.75 bits per heavy atom. The standard InChI is InChI=1S/C8H14N2O.BrH/c1-8(11)3-4-10-6-5-9(2)7-10;/h5-6H,3-4,7H2,1-2H3;1H. The Morgan fingerprint density at radius 2 is 2.33 bits per heavy atom. The number of nitrogens with zero attached hydrogens (tertiary/aromatic N) is 1. The number of carbonyl (C=O) groups is 1.